The molecular weight excluding hydrogens is 333 g/mol. The van der Waals surface area contributed by atoms with Crippen LogP contribution in [0.4, 0.5) is 4.39 Å². The Balaban J connectivity index is 1.77. The summed E-state index contributed by atoms with van der Waals surface area (Å²) < 4.78 is 21.0. The Kier molecular flexibility index (Phi) is 5.31. The molecule has 0 unspecified atom stereocenters. The van der Waals surface area contributed by atoms with Gasteiger partial charge in [-0.1, -0.05) is 30.3 Å². The van der Waals surface area contributed by atoms with Gasteiger partial charge in [0, 0.05) is 12.1 Å². The number of halogens is 1. The smallest absolute Gasteiger partial charge is 0.255 e. The van der Waals surface area contributed by atoms with E-state index >= 15 is 0 Å². The Morgan fingerprint density at radius 3 is 2.69 bits per heavy atom. The van der Waals surface area contributed by atoms with Crippen LogP contribution in [-0.2, 0) is 6.54 Å². The van der Waals surface area contributed by atoms with Crippen LogP contribution in [-0.4, -0.2) is 22.3 Å². The average molecular weight is 353 g/mol. The molecular formula is C20H20FN3O2. The van der Waals surface area contributed by atoms with E-state index in [1.807, 2.05) is 31.2 Å². The standard InChI is InChI=1S/C20H20FN3O2/c1-3-26-19-11-7-4-8-15(19)12-22-20(25)16-13-23-24(14(16)2)18-10-6-5-9-17(18)21/h4-11,13H,3,12H2,1-2H3,(H,22,25). The molecule has 6 heteroatoms. The van der Waals surface area contributed by atoms with Crippen LogP contribution in [0.3, 0.4) is 0 Å². The van der Waals surface area contributed by atoms with E-state index in [1.54, 1.807) is 25.1 Å². The van der Waals surface area contributed by atoms with Crippen molar-refractivity contribution in [1.29, 1.82) is 0 Å². The fourth-order valence-corrected chi connectivity index (χ4v) is 2.72. The number of para-hydroxylation sites is 2. The number of rotatable bonds is 6. The monoisotopic (exact) mass is 353 g/mol. The van der Waals surface area contributed by atoms with Crippen LogP contribution >= 0.6 is 0 Å². The summed E-state index contributed by atoms with van der Waals surface area (Å²) in [6, 6.07) is 13.9. The molecule has 3 aromatic rings. The molecule has 0 atom stereocenters. The predicted octanol–water partition coefficient (Wildman–Crippen LogP) is 3.65. The molecule has 0 aliphatic rings. The molecule has 0 radical (unpaired) electrons. The van der Waals surface area contributed by atoms with Crippen molar-refractivity contribution in [2.45, 2.75) is 20.4 Å². The summed E-state index contributed by atoms with van der Waals surface area (Å²) in [5.74, 6) is 0.0850. The van der Waals surface area contributed by atoms with Crippen LogP contribution in [0.2, 0.25) is 0 Å². The number of ether oxygens (including phenoxy) is 1. The Morgan fingerprint density at radius 1 is 1.19 bits per heavy atom. The average Bonchev–Trinajstić information content (AvgIpc) is 3.03. The molecule has 0 spiro atoms. The third-order valence-corrected chi connectivity index (χ3v) is 4.05. The summed E-state index contributed by atoms with van der Waals surface area (Å²) in [5.41, 5.74) is 2.18. The molecule has 1 N–H and O–H groups in total. The van der Waals surface area contributed by atoms with Gasteiger partial charge < -0.3 is 10.1 Å². The summed E-state index contributed by atoms with van der Waals surface area (Å²) in [4.78, 5) is 12.5. The van der Waals surface area contributed by atoms with E-state index in [1.165, 1.54) is 16.9 Å². The van der Waals surface area contributed by atoms with Gasteiger partial charge in [0.05, 0.1) is 24.1 Å². The Bertz CT molecular complexity index is 921. The number of hydrogen-bond donors (Lipinski definition) is 1. The normalized spacial score (nSPS) is 10.6. The number of hydrogen-bond acceptors (Lipinski definition) is 3. The highest BCUT2D eigenvalue weighted by Gasteiger charge is 2.17. The maximum Gasteiger partial charge on any atom is 0.255 e. The molecule has 1 heterocycles. The lowest BCUT2D eigenvalue weighted by atomic mass is 10.2. The lowest BCUT2D eigenvalue weighted by Gasteiger charge is -2.11. The first-order chi connectivity index (χ1) is 12.6. The first-order valence-corrected chi connectivity index (χ1v) is 8.40. The molecule has 0 saturated heterocycles. The van der Waals surface area contributed by atoms with Gasteiger partial charge in [-0.25, -0.2) is 9.07 Å². The number of nitrogens with zero attached hydrogens (tertiary/aromatic N) is 2. The molecule has 0 bridgehead atoms. The van der Waals surface area contributed by atoms with E-state index in [0.717, 1.165) is 11.3 Å². The van der Waals surface area contributed by atoms with Crippen LogP contribution in [0.5, 0.6) is 5.75 Å². The molecule has 0 aliphatic heterocycles. The summed E-state index contributed by atoms with van der Waals surface area (Å²) in [5, 5.41) is 7.03. The fraction of sp³-hybridized carbons (Fsp3) is 0.200. The molecule has 26 heavy (non-hydrogen) atoms. The number of aromatic nitrogens is 2. The largest absolute Gasteiger partial charge is 0.494 e. The highest BCUT2D eigenvalue weighted by atomic mass is 19.1. The van der Waals surface area contributed by atoms with Gasteiger partial charge >= 0.3 is 0 Å². The second-order valence-electron chi connectivity index (χ2n) is 5.73. The molecule has 5 nitrogen and oxygen atoms in total. The minimum absolute atomic E-state index is 0.267. The van der Waals surface area contributed by atoms with Crippen molar-refractivity contribution in [1.82, 2.24) is 15.1 Å². The number of nitrogens with one attached hydrogen (secondary N) is 1. The third kappa shape index (κ3) is 3.59. The summed E-state index contributed by atoms with van der Waals surface area (Å²) >= 11 is 0. The number of carbonyl (C=O) groups is 1. The Morgan fingerprint density at radius 2 is 1.92 bits per heavy atom. The zero-order valence-electron chi connectivity index (χ0n) is 14.7. The SMILES string of the molecule is CCOc1ccccc1CNC(=O)c1cnn(-c2ccccc2F)c1C. The summed E-state index contributed by atoms with van der Waals surface area (Å²) in [6.07, 6.45) is 1.45. The lowest BCUT2D eigenvalue weighted by Crippen LogP contribution is -2.23. The minimum atomic E-state index is -0.392. The molecule has 0 saturated carbocycles. The van der Waals surface area contributed by atoms with Crippen LogP contribution in [0.1, 0.15) is 28.5 Å². The van der Waals surface area contributed by atoms with Crippen LogP contribution in [0.25, 0.3) is 5.69 Å². The zero-order chi connectivity index (χ0) is 18.5. The van der Waals surface area contributed by atoms with Crippen LogP contribution in [0, 0.1) is 12.7 Å². The van der Waals surface area contributed by atoms with Gasteiger partial charge in [0.1, 0.15) is 17.3 Å². The van der Waals surface area contributed by atoms with E-state index in [2.05, 4.69) is 10.4 Å². The van der Waals surface area contributed by atoms with Gasteiger partial charge in [0.2, 0.25) is 0 Å². The summed E-state index contributed by atoms with van der Waals surface area (Å²) in [7, 11) is 0. The minimum Gasteiger partial charge on any atom is -0.494 e. The highest BCUT2D eigenvalue weighted by Crippen LogP contribution is 2.19. The summed E-state index contributed by atoms with van der Waals surface area (Å²) in [6.45, 7) is 4.54. The van der Waals surface area contributed by atoms with Gasteiger partial charge in [-0.15, -0.1) is 0 Å². The molecule has 1 amide bonds. The zero-order valence-corrected chi connectivity index (χ0v) is 14.7. The number of carbonyl (C=O) groups excluding carboxylic acids is 1. The lowest BCUT2D eigenvalue weighted by molar-refractivity contribution is 0.0950. The fourth-order valence-electron chi connectivity index (χ4n) is 2.72. The topological polar surface area (TPSA) is 56.1 Å². The van der Waals surface area contributed by atoms with E-state index < -0.39 is 5.82 Å². The predicted molar refractivity (Wildman–Crippen MR) is 97.0 cm³/mol. The van der Waals surface area contributed by atoms with Crippen molar-refractivity contribution in [3.63, 3.8) is 0 Å². The van der Waals surface area contributed by atoms with Crippen LogP contribution < -0.4 is 10.1 Å². The van der Waals surface area contributed by atoms with Crippen molar-refractivity contribution in [3.05, 3.63) is 77.4 Å². The molecule has 0 fully saturated rings. The third-order valence-electron chi connectivity index (χ3n) is 4.05. The maximum absolute atomic E-state index is 14.0. The van der Waals surface area contributed by atoms with Crippen molar-refractivity contribution in [2.75, 3.05) is 6.61 Å². The first-order valence-electron chi connectivity index (χ1n) is 8.40. The highest BCUT2D eigenvalue weighted by molar-refractivity contribution is 5.95. The van der Waals surface area contributed by atoms with Gasteiger partial charge in [-0.2, -0.15) is 5.10 Å². The van der Waals surface area contributed by atoms with Gasteiger partial charge in [0.25, 0.3) is 5.91 Å². The molecule has 134 valence electrons. The number of amides is 1. The Hall–Kier alpha value is -3.15. The van der Waals surface area contributed by atoms with Gasteiger partial charge in [-0.05, 0) is 32.0 Å². The van der Waals surface area contributed by atoms with Crippen molar-refractivity contribution in [2.24, 2.45) is 0 Å². The van der Waals surface area contributed by atoms with Gasteiger partial charge in [-0.3, -0.25) is 4.79 Å². The molecule has 0 aliphatic carbocycles. The molecule has 2 aromatic carbocycles. The quantitative estimate of drug-likeness (QED) is 0.736. The van der Waals surface area contributed by atoms with E-state index in [9.17, 15) is 9.18 Å². The maximum atomic E-state index is 14.0. The second kappa shape index (κ2) is 7.82. The van der Waals surface area contributed by atoms with Crippen LogP contribution in [0.15, 0.2) is 54.7 Å². The Labute approximate surface area is 151 Å². The second-order valence-corrected chi connectivity index (χ2v) is 5.73. The van der Waals surface area contributed by atoms with Crippen molar-refractivity contribution in [3.8, 4) is 11.4 Å². The van der Waals surface area contributed by atoms with E-state index in [-0.39, 0.29) is 5.91 Å². The van der Waals surface area contributed by atoms with E-state index in [0.29, 0.717) is 30.1 Å². The van der Waals surface area contributed by atoms with Crippen molar-refractivity contribution < 1.29 is 13.9 Å². The molecule has 3 rings (SSSR count). The number of benzene rings is 2. The van der Waals surface area contributed by atoms with E-state index in [4.69, 9.17) is 4.74 Å². The van der Waals surface area contributed by atoms with Gasteiger partial charge in [0.15, 0.2) is 0 Å². The molecule has 1 aromatic heterocycles. The van der Waals surface area contributed by atoms with Crippen molar-refractivity contribution >= 4 is 5.91 Å². The first kappa shape index (κ1) is 17.7.